The summed E-state index contributed by atoms with van der Waals surface area (Å²) >= 11 is 0. The molecule has 3 aliphatic heterocycles. The van der Waals surface area contributed by atoms with Gasteiger partial charge in [0.25, 0.3) is 0 Å². The zero-order valence-corrected chi connectivity index (χ0v) is 17.3. The third-order valence-corrected chi connectivity index (χ3v) is 6.06. The predicted molar refractivity (Wildman–Crippen MR) is 106 cm³/mol. The van der Waals surface area contributed by atoms with Crippen LogP contribution in [0.5, 0.6) is 28.7 Å². The average Bonchev–Trinajstić information content (AvgIpc) is 3.35. The Balaban J connectivity index is 1.69. The molecule has 30 heavy (non-hydrogen) atoms. The summed E-state index contributed by atoms with van der Waals surface area (Å²) in [4.78, 5) is 15.1. The summed E-state index contributed by atoms with van der Waals surface area (Å²) in [5, 5.41) is 0. The van der Waals surface area contributed by atoms with Crippen LogP contribution in [0.4, 0.5) is 0 Å². The van der Waals surface area contributed by atoms with E-state index in [9.17, 15) is 4.79 Å². The Bertz CT molecular complexity index is 1030. The molecule has 2 aromatic rings. The van der Waals surface area contributed by atoms with Gasteiger partial charge in [-0.3, -0.25) is 4.90 Å². The molecule has 3 aliphatic rings. The van der Waals surface area contributed by atoms with Crippen molar-refractivity contribution in [2.24, 2.45) is 0 Å². The molecule has 0 fully saturated rings. The highest BCUT2D eigenvalue weighted by Gasteiger charge is 2.46. The van der Waals surface area contributed by atoms with E-state index < -0.39 is 12.1 Å². The lowest BCUT2D eigenvalue weighted by Gasteiger charge is -2.38. The number of cyclic esters (lactones) is 1. The molecule has 2 atom stereocenters. The van der Waals surface area contributed by atoms with E-state index in [4.69, 9.17) is 28.4 Å². The topological polar surface area (TPSA) is 75.7 Å². The summed E-state index contributed by atoms with van der Waals surface area (Å²) < 4.78 is 33.8. The van der Waals surface area contributed by atoms with Gasteiger partial charge < -0.3 is 28.4 Å². The number of likely N-dealkylation sites (N-methyl/N-ethyl adjacent to an activating group) is 1. The largest absolute Gasteiger partial charge is 0.493 e. The van der Waals surface area contributed by atoms with E-state index in [0.29, 0.717) is 34.3 Å². The van der Waals surface area contributed by atoms with Crippen LogP contribution < -0.4 is 23.7 Å². The fourth-order valence-electron chi connectivity index (χ4n) is 4.71. The number of rotatable bonds is 4. The third-order valence-electron chi connectivity index (χ3n) is 6.06. The normalized spacial score (nSPS) is 21.7. The second-order valence-electron chi connectivity index (χ2n) is 7.48. The maximum atomic E-state index is 12.9. The Morgan fingerprint density at radius 1 is 1.07 bits per heavy atom. The summed E-state index contributed by atoms with van der Waals surface area (Å²) in [5.74, 6) is 2.36. The fraction of sp³-hybridized carbons (Fsp3) is 0.409. The van der Waals surface area contributed by atoms with Gasteiger partial charge in [0.15, 0.2) is 23.0 Å². The van der Waals surface area contributed by atoms with Gasteiger partial charge in [-0.25, -0.2) is 4.79 Å². The van der Waals surface area contributed by atoms with Gasteiger partial charge in [0.05, 0.1) is 27.4 Å². The molecule has 0 aliphatic carbocycles. The molecule has 0 N–H and O–H groups in total. The minimum Gasteiger partial charge on any atom is -0.493 e. The number of ether oxygens (including phenoxy) is 6. The van der Waals surface area contributed by atoms with Gasteiger partial charge in [-0.05, 0) is 31.2 Å². The van der Waals surface area contributed by atoms with E-state index in [1.807, 2.05) is 19.2 Å². The van der Waals surface area contributed by atoms with Gasteiger partial charge >= 0.3 is 5.97 Å². The second kappa shape index (κ2) is 6.98. The van der Waals surface area contributed by atoms with Gasteiger partial charge in [0.1, 0.15) is 11.7 Å². The van der Waals surface area contributed by atoms with Crippen molar-refractivity contribution in [3.8, 4) is 28.7 Å². The minimum absolute atomic E-state index is 0.160. The van der Waals surface area contributed by atoms with E-state index in [0.717, 1.165) is 29.7 Å². The first-order valence-corrected chi connectivity index (χ1v) is 9.74. The summed E-state index contributed by atoms with van der Waals surface area (Å²) in [6, 6.07) is 5.43. The molecule has 0 saturated carbocycles. The van der Waals surface area contributed by atoms with Crippen LogP contribution in [0.15, 0.2) is 18.2 Å². The Morgan fingerprint density at radius 3 is 2.60 bits per heavy atom. The van der Waals surface area contributed by atoms with Crippen molar-refractivity contribution in [1.29, 1.82) is 0 Å². The molecule has 0 saturated heterocycles. The predicted octanol–water partition coefficient (Wildman–Crippen LogP) is 2.88. The molecule has 8 heteroatoms. The Morgan fingerprint density at radius 2 is 1.87 bits per heavy atom. The van der Waals surface area contributed by atoms with Crippen LogP contribution in [0.3, 0.4) is 0 Å². The van der Waals surface area contributed by atoms with E-state index in [1.165, 1.54) is 7.11 Å². The molecule has 8 nitrogen and oxygen atoms in total. The number of hydrogen-bond acceptors (Lipinski definition) is 8. The zero-order chi connectivity index (χ0) is 21.0. The molecule has 3 heterocycles. The second-order valence-corrected chi connectivity index (χ2v) is 7.48. The molecule has 0 aromatic heterocycles. The molecule has 0 spiro atoms. The number of esters is 1. The Hall–Kier alpha value is -3.13. The number of carbonyl (C=O) groups excluding carboxylic acids is 1. The van der Waals surface area contributed by atoms with Crippen molar-refractivity contribution in [2.75, 3.05) is 41.7 Å². The summed E-state index contributed by atoms with van der Waals surface area (Å²) in [5.41, 5.74) is 3.23. The summed E-state index contributed by atoms with van der Waals surface area (Å²) in [6.07, 6.45) is 0.306. The van der Waals surface area contributed by atoms with E-state index in [2.05, 4.69) is 4.90 Å². The van der Waals surface area contributed by atoms with Crippen molar-refractivity contribution in [3.05, 3.63) is 40.5 Å². The molecule has 0 amide bonds. The molecule has 1 unspecified atom stereocenters. The summed E-state index contributed by atoms with van der Waals surface area (Å²) in [7, 11) is 6.70. The highest BCUT2D eigenvalue weighted by Crippen LogP contribution is 2.55. The van der Waals surface area contributed by atoms with Gasteiger partial charge in [0, 0.05) is 17.7 Å². The third kappa shape index (κ3) is 2.53. The number of fused-ring (bicyclic) bond motifs is 3. The highest BCUT2D eigenvalue weighted by molar-refractivity contribution is 5.98. The van der Waals surface area contributed by atoms with Crippen LogP contribution in [0.1, 0.15) is 39.2 Å². The molecular weight excluding hydrogens is 390 g/mol. The van der Waals surface area contributed by atoms with E-state index in [1.54, 1.807) is 20.3 Å². The fourth-order valence-corrected chi connectivity index (χ4v) is 4.71. The van der Waals surface area contributed by atoms with Crippen molar-refractivity contribution >= 4 is 5.97 Å². The molecule has 5 rings (SSSR count). The SMILES string of the molecule is COc1ccc2c(c1OC)C(=O)OC2[C@@H]1c2c(cc3c(c2OC)OCO3)CCN1C. The van der Waals surface area contributed by atoms with Gasteiger partial charge in [-0.15, -0.1) is 0 Å². The maximum Gasteiger partial charge on any atom is 0.343 e. The van der Waals surface area contributed by atoms with Crippen molar-refractivity contribution in [1.82, 2.24) is 4.90 Å². The lowest BCUT2D eigenvalue weighted by atomic mass is 9.85. The smallest absolute Gasteiger partial charge is 0.343 e. The Kier molecular flexibility index (Phi) is 4.39. The van der Waals surface area contributed by atoms with Gasteiger partial charge in [-0.2, -0.15) is 0 Å². The number of benzene rings is 2. The van der Waals surface area contributed by atoms with Crippen LogP contribution in [0.2, 0.25) is 0 Å². The van der Waals surface area contributed by atoms with Crippen LogP contribution in [-0.2, 0) is 11.2 Å². The zero-order valence-electron chi connectivity index (χ0n) is 17.3. The lowest BCUT2D eigenvalue weighted by molar-refractivity contribution is 0.00874. The van der Waals surface area contributed by atoms with Crippen LogP contribution >= 0.6 is 0 Å². The lowest BCUT2D eigenvalue weighted by Crippen LogP contribution is -2.36. The molecule has 158 valence electrons. The quantitative estimate of drug-likeness (QED) is 0.709. The van der Waals surface area contributed by atoms with Crippen molar-refractivity contribution in [3.63, 3.8) is 0 Å². The van der Waals surface area contributed by atoms with Crippen molar-refractivity contribution < 1.29 is 33.2 Å². The minimum atomic E-state index is -0.523. The highest BCUT2D eigenvalue weighted by atomic mass is 16.7. The first-order chi connectivity index (χ1) is 14.6. The van der Waals surface area contributed by atoms with Crippen LogP contribution in [0, 0.1) is 0 Å². The van der Waals surface area contributed by atoms with Gasteiger partial charge in [-0.1, -0.05) is 6.07 Å². The maximum absolute atomic E-state index is 12.9. The molecule has 0 bridgehead atoms. The van der Waals surface area contributed by atoms with E-state index >= 15 is 0 Å². The first kappa shape index (κ1) is 18.9. The van der Waals surface area contributed by atoms with Crippen LogP contribution in [-0.4, -0.2) is 52.6 Å². The monoisotopic (exact) mass is 413 g/mol. The standard InChI is InChI=1S/C22H23NO7/c1-23-8-7-11-9-14-20(29-10-28-14)21(27-4)15(11)17(23)18-12-5-6-13(25-2)19(26-3)16(12)22(24)30-18/h5-6,9,17-18H,7-8,10H2,1-4H3/t17-,18?/m0/s1. The molecule has 2 aromatic carbocycles. The van der Waals surface area contributed by atoms with Gasteiger partial charge in [0.2, 0.25) is 12.5 Å². The first-order valence-electron chi connectivity index (χ1n) is 9.74. The average molecular weight is 413 g/mol. The number of hydrogen-bond donors (Lipinski definition) is 0. The number of carbonyl (C=O) groups is 1. The van der Waals surface area contributed by atoms with E-state index in [-0.39, 0.29) is 12.8 Å². The Labute approximate surface area is 174 Å². The summed E-state index contributed by atoms with van der Waals surface area (Å²) in [6.45, 7) is 0.963. The molecular formula is C22H23NO7. The number of nitrogens with zero attached hydrogens (tertiary/aromatic N) is 1. The molecule has 0 radical (unpaired) electrons. The van der Waals surface area contributed by atoms with Crippen LogP contribution in [0.25, 0.3) is 0 Å². The number of methoxy groups -OCH3 is 3. The van der Waals surface area contributed by atoms with Crippen molar-refractivity contribution in [2.45, 2.75) is 18.6 Å².